The van der Waals surface area contributed by atoms with Crippen molar-refractivity contribution < 1.29 is 17.3 Å². The molecule has 0 unspecified atom stereocenters. The van der Waals surface area contributed by atoms with E-state index in [9.17, 15) is 12.8 Å². The molecule has 2 aromatic rings. The van der Waals surface area contributed by atoms with Gasteiger partial charge in [0.05, 0.1) is 5.56 Å². The molecule has 0 fully saturated rings. The zero-order chi connectivity index (χ0) is 15.1. The summed E-state index contributed by atoms with van der Waals surface area (Å²) in [6.45, 7) is 2.93. The summed E-state index contributed by atoms with van der Waals surface area (Å²) in [5.41, 5.74) is 6.06. The predicted octanol–water partition coefficient (Wildman–Crippen LogP) is 2.34. The number of nitrogen functional groups attached to an aromatic ring is 1. The van der Waals surface area contributed by atoms with E-state index in [4.69, 9.17) is 10.3 Å². The lowest BCUT2D eigenvalue weighted by molar-refractivity contribution is 0.357. The average Bonchev–Trinajstić information content (AvgIpc) is 2.71. The van der Waals surface area contributed by atoms with E-state index < -0.39 is 20.4 Å². The Morgan fingerprint density at radius 3 is 2.45 bits per heavy atom. The Balaban J connectivity index is 2.75. The van der Waals surface area contributed by atoms with Crippen LogP contribution < -0.4 is 5.73 Å². The van der Waals surface area contributed by atoms with E-state index in [0.717, 1.165) is 6.26 Å². The number of aromatic nitrogens is 1. The van der Waals surface area contributed by atoms with Gasteiger partial charge in [-0.1, -0.05) is 23.4 Å². The largest absolute Gasteiger partial charge is 0.380 e. The van der Waals surface area contributed by atoms with Crippen LogP contribution in [0.15, 0.2) is 28.8 Å². The van der Waals surface area contributed by atoms with Crippen LogP contribution in [-0.4, -0.2) is 19.8 Å². The van der Waals surface area contributed by atoms with Crippen molar-refractivity contribution in [3.05, 3.63) is 35.8 Å². The van der Waals surface area contributed by atoms with Crippen LogP contribution in [0.5, 0.6) is 0 Å². The molecule has 2 rings (SSSR count). The third kappa shape index (κ3) is 2.18. The van der Waals surface area contributed by atoms with Crippen LogP contribution in [0.4, 0.5) is 10.2 Å². The lowest BCUT2D eigenvalue weighted by Gasteiger charge is -2.20. The first-order valence-corrected chi connectivity index (χ1v) is 7.75. The molecule has 1 aromatic carbocycles. The number of hydrogen-bond donors (Lipinski definition) is 1. The Kier molecular flexibility index (Phi) is 3.33. The van der Waals surface area contributed by atoms with Gasteiger partial charge in [-0.2, -0.15) is 0 Å². The zero-order valence-electron chi connectivity index (χ0n) is 11.3. The van der Waals surface area contributed by atoms with Crippen molar-refractivity contribution in [2.75, 3.05) is 12.0 Å². The van der Waals surface area contributed by atoms with Crippen molar-refractivity contribution in [3.8, 4) is 11.1 Å². The Hall–Kier alpha value is -1.89. The highest BCUT2D eigenvalue weighted by molar-refractivity contribution is 7.91. The number of halogens is 1. The quantitative estimate of drug-likeness (QED) is 0.940. The fraction of sp³-hybridized carbons (Fsp3) is 0.308. The summed E-state index contributed by atoms with van der Waals surface area (Å²) in [5.74, 6) is -0.530. The molecule has 0 saturated heterocycles. The molecule has 0 aliphatic rings. The molecule has 0 saturated carbocycles. The van der Waals surface area contributed by atoms with E-state index >= 15 is 0 Å². The maximum atomic E-state index is 13.9. The normalized spacial score (nSPS) is 12.6. The number of anilines is 1. The monoisotopic (exact) mass is 298 g/mol. The fourth-order valence-electron chi connectivity index (χ4n) is 1.81. The minimum Gasteiger partial charge on any atom is -0.380 e. The molecule has 5 nitrogen and oxygen atoms in total. The second-order valence-electron chi connectivity index (χ2n) is 5.03. The molecule has 1 aromatic heterocycles. The van der Waals surface area contributed by atoms with Crippen molar-refractivity contribution >= 4 is 15.7 Å². The average molecular weight is 298 g/mol. The molecule has 0 aliphatic carbocycles. The van der Waals surface area contributed by atoms with Crippen LogP contribution in [0, 0.1) is 5.82 Å². The van der Waals surface area contributed by atoms with Gasteiger partial charge in [-0.25, -0.2) is 12.8 Å². The molecule has 108 valence electrons. The van der Waals surface area contributed by atoms with Crippen LogP contribution in [0.25, 0.3) is 11.1 Å². The first-order chi connectivity index (χ1) is 9.16. The number of nitrogens with two attached hydrogens (primary N) is 1. The van der Waals surface area contributed by atoms with Crippen molar-refractivity contribution in [2.24, 2.45) is 0 Å². The number of benzene rings is 1. The second kappa shape index (κ2) is 4.59. The van der Waals surface area contributed by atoms with E-state index in [0.29, 0.717) is 0 Å². The van der Waals surface area contributed by atoms with Crippen molar-refractivity contribution in [2.45, 2.75) is 18.6 Å². The third-order valence-corrected chi connectivity index (χ3v) is 5.37. The summed E-state index contributed by atoms with van der Waals surface area (Å²) in [4.78, 5) is 0. The lowest BCUT2D eigenvalue weighted by atomic mass is 9.99. The molecule has 0 amide bonds. The van der Waals surface area contributed by atoms with Gasteiger partial charge in [0.15, 0.2) is 21.4 Å². The summed E-state index contributed by atoms with van der Waals surface area (Å²) in [6, 6.07) is 5.92. The van der Waals surface area contributed by atoms with Gasteiger partial charge >= 0.3 is 0 Å². The molecule has 0 aliphatic heterocycles. The van der Waals surface area contributed by atoms with E-state index in [1.54, 1.807) is 6.07 Å². The van der Waals surface area contributed by atoms with Crippen LogP contribution >= 0.6 is 0 Å². The predicted molar refractivity (Wildman–Crippen MR) is 74.2 cm³/mol. The van der Waals surface area contributed by atoms with E-state index in [1.165, 1.54) is 32.0 Å². The molecule has 7 heteroatoms. The molecule has 0 radical (unpaired) electrons. The van der Waals surface area contributed by atoms with Gasteiger partial charge in [-0.15, -0.1) is 0 Å². The Bertz CT molecular complexity index is 751. The van der Waals surface area contributed by atoms with Crippen molar-refractivity contribution in [1.82, 2.24) is 5.16 Å². The molecule has 1 heterocycles. The molecule has 2 N–H and O–H groups in total. The van der Waals surface area contributed by atoms with E-state index in [2.05, 4.69) is 5.16 Å². The number of rotatable bonds is 3. The highest BCUT2D eigenvalue weighted by Crippen LogP contribution is 2.40. The van der Waals surface area contributed by atoms with E-state index in [-0.39, 0.29) is 22.7 Å². The molecule has 0 spiro atoms. The van der Waals surface area contributed by atoms with Gasteiger partial charge in [-0.3, -0.25) is 0 Å². The highest BCUT2D eigenvalue weighted by Gasteiger charge is 2.40. The van der Waals surface area contributed by atoms with Gasteiger partial charge in [-0.05, 0) is 19.9 Å². The smallest absolute Gasteiger partial charge is 0.175 e. The maximum Gasteiger partial charge on any atom is 0.175 e. The third-order valence-electron chi connectivity index (χ3n) is 3.34. The van der Waals surface area contributed by atoms with Gasteiger partial charge in [0.1, 0.15) is 10.6 Å². The van der Waals surface area contributed by atoms with Crippen LogP contribution in [0.2, 0.25) is 0 Å². The maximum absolute atomic E-state index is 13.9. The topological polar surface area (TPSA) is 86.2 Å². The van der Waals surface area contributed by atoms with Gasteiger partial charge < -0.3 is 10.3 Å². The molecule has 0 bridgehead atoms. The van der Waals surface area contributed by atoms with Crippen molar-refractivity contribution in [3.63, 3.8) is 0 Å². The van der Waals surface area contributed by atoms with Gasteiger partial charge in [0.25, 0.3) is 0 Å². The summed E-state index contributed by atoms with van der Waals surface area (Å²) in [5, 5.41) is 3.59. The Labute approximate surface area is 116 Å². The summed E-state index contributed by atoms with van der Waals surface area (Å²) in [6.07, 6.45) is 1.08. The summed E-state index contributed by atoms with van der Waals surface area (Å²) < 4.78 is 41.5. The summed E-state index contributed by atoms with van der Waals surface area (Å²) >= 11 is 0. The molecular weight excluding hydrogens is 283 g/mol. The number of nitrogens with zero attached hydrogens (tertiary/aromatic N) is 1. The minimum absolute atomic E-state index is 0.0302. The molecule has 20 heavy (non-hydrogen) atoms. The van der Waals surface area contributed by atoms with Crippen LogP contribution in [-0.2, 0) is 14.6 Å². The second-order valence-corrected chi connectivity index (χ2v) is 7.60. The van der Waals surface area contributed by atoms with Crippen molar-refractivity contribution in [1.29, 1.82) is 0 Å². The van der Waals surface area contributed by atoms with Crippen LogP contribution in [0.1, 0.15) is 19.6 Å². The van der Waals surface area contributed by atoms with Gasteiger partial charge in [0, 0.05) is 11.8 Å². The standard InChI is InChI=1S/C13H15FN2O3S/c1-13(2,20(3,17)18)11-10(12(15)16-19-11)8-6-4-5-7-9(8)14/h4-7H,1-3H3,(H2,15,16). The Morgan fingerprint density at radius 1 is 1.30 bits per heavy atom. The lowest BCUT2D eigenvalue weighted by Crippen LogP contribution is -2.28. The Morgan fingerprint density at radius 2 is 1.90 bits per heavy atom. The molecule has 0 atom stereocenters. The van der Waals surface area contributed by atoms with Gasteiger partial charge in [0.2, 0.25) is 0 Å². The van der Waals surface area contributed by atoms with E-state index in [1.807, 2.05) is 0 Å². The highest BCUT2D eigenvalue weighted by atomic mass is 32.2. The molecular formula is C13H15FN2O3S. The van der Waals surface area contributed by atoms with Crippen LogP contribution in [0.3, 0.4) is 0 Å². The first kappa shape index (κ1) is 14.5. The minimum atomic E-state index is -3.50. The SMILES string of the molecule is CC(C)(c1onc(N)c1-c1ccccc1F)S(C)(=O)=O. The zero-order valence-corrected chi connectivity index (χ0v) is 12.2. The number of hydrogen-bond acceptors (Lipinski definition) is 5. The first-order valence-electron chi connectivity index (χ1n) is 5.86. The summed E-state index contributed by atoms with van der Waals surface area (Å²) in [7, 11) is -3.50. The fourth-order valence-corrected chi connectivity index (χ4v) is 2.28. The number of sulfone groups is 1.